The molecule has 1 aromatic rings. The lowest BCUT2D eigenvalue weighted by Gasteiger charge is -2.10. The van der Waals surface area contributed by atoms with Gasteiger partial charge in [-0.25, -0.2) is 0 Å². The lowest BCUT2D eigenvalue weighted by Crippen LogP contribution is -2.20. The van der Waals surface area contributed by atoms with Gasteiger partial charge in [-0.2, -0.15) is 0 Å². The van der Waals surface area contributed by atoms with Crippen molar-refractivity contribution in [1.82, 2.24) is 5.32 Å². The first kappa shape index (κ1) is 15.3. The summed E-state index contributed by atoms with van der Waals surface area (Å²) < 4.78 is 10.9. The zero-order chi connectivity index (χ0) is 13.9. The summed E-state index contributed by atoms with van der Waals surface area (Å²) in [6.45, 7) is 8.83. The van der Waals surface area contributed by atoms with Crippen molar-refractivity contribution in [2.75, 3.05) is 26.4 Å². The lowest BCUT2D eigenvalue weighted by molar-refractivity contribution is 0.157. The van der Waals surface area contributed by atoms with Gasteiger partial charge in [-0.3, -0.25) is 0 Å². The first-order chi connectivity index (χ1) is 9.24. The van der Waals surface area contributed by atoms with Gasteiger partial charge in [0, 0.05) is 18.7 Å². The fourth-order valence-corrected chi connectivity index (χ4v) is 1.52. The molecule has 0 aliphatic rings. The van der Waals surface area contributed by atoms with Gasteiger partial charge in [0.2, 0.25) is 0 Å². The zero-order valence-electron chi connectivity index (χ0n) is 11.4. The maximum absolute atomic E-state index is 5.48. The summed E-state index contributed by atoms with van der Waals surface area (Å²) in [6, 6.07) is 7.86. The molecule has 0 aliphatic heterocycles. The van der Waals surface area contributed by atoms with Crippen LogP contribution in [-0.2, 0) is 11.3 Å². The predicted molar refractivity (Wildman–Crippen MR) is 78.1 cm³/mol. The molecule has 1 aromatic carbocycles. The van der Waals surface area contributed by atoms with Crippen molar-refractivity contribution < 1.29 is 9.47 Å². The van der Waals surface area contributed by atoms with Crippen LogP contribution < -0.4 is 10.1 Å². The second kappa shape index (κ2) is 9.21. The van der Waals surface area contributed by atoms with Gasteiger partial charge in [0.15, 0.2) is 0 Å². The molecule has 0 saturated heterocycles. The van der Waals surface area contributed by atoms with E-state index in [0.717, 1.165) is 30.0 Å². The third-order valence-electron chi connectivity index (χ3n) is 2.37. The van der Waals surface area contributed by atoms with E-state index in [0.29, 0.717) is 19.8 Å². The Labute approximate surface area is 115 Å². The van der Waals surface area contributed by atoms with Crippen LogP contribution in [0.3, 0.4) is 0 Å². The summed E-state index contributed by atoms with van der Waals surface area (Å²) in [5, 5.41) is 3.31. The van der Waals surface area contributed by atoms with E-state index in [4.69, 9.17) is 15.9 Å². The third-order valence-corrected chi connectivity index (χ3v) is 2.37. The highest BCUT2D eigenvalue weighted by Gasteiger charge is 2.01. The van der Waals surface area contributed by atoms with Gasteiger partial charge in [0.05, 0.1) is 13.2 Å². The molecule has 1 rings (SSSR count). The number of terminal acetylenes is 1. The Kier molecular flexibility index (Phi) is 7.41. The van der Waals surface area contributed by atoms with Crippen molar-refractivity contribution >= 4 is 0 Å². The molecule has 0 heterocycles. The van der Waals surface area contributed by atoms with Gasteiger partial charge < -0.3 is 14.8 Å². The Hall–Kier alpha value is -1.76. The van der Waals surface area contributed by atoms with E-state index in [1.165, 1.54) is 0 Å². The standard InChI is InChI=1S/C16H21NO2/c1-4-10-19-16-8-6-5-7-15(16)12-17-9-11-18-13-14(2)3/h1,5-8,17H,2,9-13H2,3H3. The maximum Gasteiger partial charge on any atom is 0.148 e. The zero-order valence-corrected chi connectivity index (χ0v) is 11.4. The highest BCUT2D eigenvalue weighted by Crippen LogP contribution is 2.17. The second-order valence-electron chi connectivity index (χ2n) is 4.29. The molecule has 3 heteroatoms. The molecule has 0 fully saturated rings. The lowest BCUT2D eigenvalue weighted by atomic mass is 10.2. The van der Waals surface area contributed by atoms with Gasteiger partial charge in [-0.05, 0) is 13.0 Å². The molecule has 0 saturated carbocycles. The Balaban J connectivity index is 2.28. The molecule has 1 N–H and O–H groups in total. The van der Waals surface area contributed by atoms with Crippen molar-refractivity contribution in [1.29, 1.82) is 0 Å². The van der Waals surface area contributed by atoms with Crippen LogP contribution in [0.5, 0.6) is 5.75 Å². The normalized spacial score (nSPS) is 9.89. The SMILES string of the molecule is C#CCOc1ccccc1CNCCOCC(=C)C. The Morgan fingerprint density at radius 1 is 1.42 bits per heavy atom. The molecule has 0 radical (unpaired) electrons. The van der Waals surface area contributed by atoms with Crippen molar-refractivity contribution in [2.24, 2.45) is 0 Å². The van der Waals surface area contributed by atoms with Crippen molar-refractivity contribution in [3.63, 3.8) is 0 Å². The quantitative estimate of drug-likeness (QED) is 0.419. The van der Waals surface area contributed by atoms with Gasteiger partial charge in [0.25, 0.3) is 0 Å². The highest BCUT2D eigenvalue weighted by atomic mass is 16.5. The van der Waals surface area contributed by atoms with Crippen LogP contribution in [0.1, 0.15) is 12.5 Å². The van der Waals surface area contributed by atoms with E-state index in [2.05, 4.69) is 17.8 Å². The van der Waals surface area contributed by atoms with E-state index in [1.807, 2.05) is 31.2 Å². The molecule has 0 aromatic heterocycles. The largest absolute Gasteiger partial charge is 0.481 e. The highest BCUT2D eigenvalue weighted by molar-refractivity contribution is 5.33. The summed E-state index contributed by atoms with van der Waals surface area (Å²) in [7, 11) is 0. The van der Waals surface area contributed by atoms with Crippen molar-refractivity contribution in [2.45, 2.75) is 13.5 Å². The number of hydrogen-bond donors (Lipinski definition) is 1. The van der Waals surface area contributed by atoms with E-state index in [-0.39, 0.29) is 0 Å². The number of rotatable bonds is 9. The number of benzene rings is 1. The molecule has 0 aliphatic carbocycles. The number of nitrogens with one attached hydrogen (secondary N) is 1. The molecule has 102 valence electrons. The topological polar surface area (TPSA) is 30.5 Å². The molecule has 0 amide bonds. The van der Waals surface area contributed by atoms with Crippen LogP contribution in [0.2, 0.25) is 0 Å². The fourth-order valence-electron chi connectivity index (χ4n) is 1.52. The van der Waals surface area contributed by atoms with Gasteiger partial charge in [0.1, 0.15) is 12.4 Å². The molecular formula is C16H21NO2. The van der Waals surface area contributed by atoms with Crippen molar-refractivity contribution in [3.05, 3.63) is 42.0 Å². The molecule has 0 bridgehead atoms. The van der Waals surface area contributed by atoms with Crippen molar-refractivity contribution in [3.8, 4) is 18.1 Å². The summed E-state index contributed by atoms with van der Waals surface area (Å²) in [5.41, 5.74) is 2.13. The number of ether oxygens (including phenoxy) is 2. The second-order valence-corrected chi connectivity index (χ2v) is 4.29. The molecular weight excluding hydrogens is 238 g/mol. The van der Waals surface area contributed by atoms with Crippen LogP contribution in [0.4, 0.5) is 0 Å². The van der Waals surface area contributed by atoms with Gasteiger partial charge in [-0.15, -0.1) is 6.42 Å². The molecule has 0 spiro atoms. The van der Waals surface area contributed by atoms with E-state index in [9.17, 15) is 0 Å². The monoisotopic (exact) mass is 259 g/mol. The minimum Gasteiger partial charge on any atom is -0.481 e. The van der Waals surface area contributed by atoms with Crippen LogP contribution in [0.25, 0.3) is 0 Å². The molecule has 19 heavy (non-hydrogen) atoms. The van der Waals surface area contributed by atoms with E-state index in [1.54, 1.807) is 0 Å². The minimum atomic E-state index is 0.290. The van der Waals surface area contributed by atoms with E-state index >= 15 is 0 Å². The maximum atomic E-state index is 5.48. The minimum absolute atomic E-state index is 0.290. The summed E-state index contributed by atoms with van der Waals surface area (Å²) in [4.78, 5) is 0. The summed E-state index contributed by atoms with van der Waals surface area (Å²) in [6.07, 6.45) is 5.19. The Morgan fingerprint density at radius 2 is 2.21 bits per heavy atom. The van der Waals surface area contributed by atoms with E-state index < -0.39 is 0 Å². The van der Waals surface area contributed by atoms with Crippen LogP contribution in [0.15, 0.2) is 36.4 Å². The molecule has 3 nitrogen and oxygen atoms in total. The summed E-state index contributed by atoms with van der Waals surface area (Å²) >= 11 is 0. The first-order valence-corrected chi connectivity index (χ1v) is 6.31. The van der Waals surface area contributed by atoms with Crippen LogP contribution >= 0.6 is 0 Å². The first-order valence-electron chi connectivity index (χ1n) is 6.31. The molecule has 0 atom stereocenters. The van der Waals surface area contributed by atoms with Gasteiger partial charge >= 0.3 is 0 Å². The number of hydrogen-bond acceptors (Lipinski definition) is 3. The average molecular weight is 259 g/mol. The van der Waals surface area contributed by atoms with Gasteiger partial charge in [-0.1, -0.05) is 36.3 Å². The predicted octanol–water partition coefficient (Wildman–Crippen LogP) is 2.38. The number of para-hydroxylation sites is 1. The Morgan fingerprint density at radius 3 is 2.95 bits per heavy atom. The molecule has 0 unspecified atom stereocenters. The summed E-state index contributed by atoms with van der Waals surface area (Å²) in [5.74, 6) is 3.30. The Bertz CT molecular complexity index is 435. The third kappa shape index (κ3) is 6.66. The average Bonchev–Trinajstić information content (AvgIpc) is 2.41. The van der Waals surface area contributed by atoms with Crippen LogP contribution in [-0.4, -0.2) is 26.4 Å². The smallest absolute Gasteiger partial charge is 0.148 e. The fraction of sp³-hybridized carbons (Fsp3) is 0.375. The van der Waals surface area contributed by atoms with Crippen LogP contribution in [0, 0.1) is 12.3 Å².